The summed E-state index contributed by atoms with van der Waals surface area (Å²) < 4.78 is 0. The molecule has 0 spiro atoms. The van der Waals surface area contributed by atoms with Crippen LogP contribution in [0.5, 0.6) is 0 Å². The third kappa shape index (κ3) is 3.83. The molecule has 0 aromatic rings. The fraction of sp³-hybridized carbons (Fsp3) is 0.846. The SMILES string of the molecule is NCC(=O)N1CCN(C(=O)NC2CCCCC2)CC1. The van der Waals surface area contributed by atoms with E-state index in [1.165, 1.54) is 19.3 Å². The van der Waals surface area contributed by atoms with E-state index in [0.29, 0.717) is 32.2 Å². The highest BCUT2D eigenvalue weighted by molar-refractivity contribution is 5.79. The van der Waals surface area contributed by atoms with Crippen molar-refractivity contribution in [3.8, 4) is 0 Å². The third-order valence-electron chi connectivity index (χ3n) is 4.03. The van der Waals surface area contributed by atoms with E-state index < -0.39 is 0 Å². The summed E-state index contributed by atoms with van der Waals surface area (Å²) in [5, 5.41) is 3.11. The Bertz CT molecular complexity index is 321. The van der Waals surface area contributed by atoms with Crippen LogP contribution in [-0.2, 0) is 4.79 Å². The molecule has 3 amide bonds. The first-order chi connectivity index (χ1) is 9.20. The lowest BCUT2D eigenvalue weighted by atomic mass is 9.96. The maximum atomic E-state index is 12.1. The number of nitrogens with two attached hydrogens (primary N) is 1. The van der Waals surface area contributed by atoms with Gasteiger partial charge in [-0.05, 0) is 12.8 Å². The highest BCUT2D eigenvalue weighted by atomic mass is 16.2. The summed E-state index contributed by atoms with van der Waals surface area (Å²) in [6.45, 7) is 2.44. The van der Waals surface area contributed by atoms with E-state index in [0.717, 1.165) is 12.8 Å². The molecular formula is C13H24N4O2. The summed E-state index contributed by atoms with van der Waals surface area (Å²) in [7, 11) is 0. The minimum absolute atomic E-state index is 0.0201. The number of urea groups is 1. The number of carbonyl (C=O) groups excluding carboxylic acids is 2. The van der Waals surface area contributed by atoms with Gasteiger partial charge in [0, 0.05) is 32.2 Å². The molecule has 6 nitrogen and oxygen atoms in total. The molecule has 19 heavy (non-hydrogen) atoms. The van der Waals surface area contributed by atoms with E-state index in [4.69, 9.17) is 5.73 Å². The first kappa shape index (κ1) is 14.1. The molecule has 2 fully saturated rings. The van der Waals surface area contributed by atoms with Gasteiger partial charge in [0.1, 0.15) is 0 Å². The lowest BCUT2D eigenvalue weighted by molar-refractivity contribution is -0.131. The Morgan fingerprint density at radius 1 is 1.00 bits per heavy atom. The van der Waals surface area contributed by atoms with Crippen molar-refractivity contribution in [1.29, 1.82) is 0 Å². The largest absolute Gasteiger partial charge is 0.338 e. The maximum absolute atomic E-state index is 12.1. The number of amides is 3. The monoisotopic (exact) mass is 268 g/mol. The molecule has 1 saturated heterocycles. The standard InChI is InChI=1S/C13H24N4O2/c14-10-12(18)16-6-8-17(9-7-16)13(19)15-11-4-2-1-3-5-11/h11H,1-10,14H2,(H,15,19). The summed E-state index contributed by atoms with van der Waals surface area (Å²) in [5.41, 5.74) is 5.34. The van der Waals surface area contributed by atoms with Crippen LogP contribution in [0, 0.1) is 0 Å². The van der Waals surface area contributed by atoms with Gasteiger partial charge < -0.3 is 20.9 Å². The number of hydrogen-bond acceptors (Lipinski definition) is 3. The van der Waals surface area contributed by atoms with Gasteiger partial charge in [0.25, 0.3) is 0 Å². The molecule has 0 unspecified atom stereocenters. The topological polar surface area (TPSA) is 78.7 Å². The fourth-order valence-corrected chi connectivity index (χ4v) is 2.80. The van der Waals surface area contributed by atoms with Crippen LogP contribution in [0.2, 0.25) is 0 Å². The van der Waals surface area contributed by atoms with Crippen molar-refractivity contribution in [1.82, 2.24) is 15.1 Å². The van der Waals surface area contributed by atoms with Gasteiger partial charge >= 0.3 is 6.03 Å². The predicted molar refractivity (Wildman–Crippen MR) is 72.6 cm³/mol. The number of hydrogen-bond donors (Lipinski definition) is 2. The summed E-state index contributed by atoms with van der Waals surface area (Å²) in [6.07, 6.45) is 5.90. The van der Waals surface area contributed by atoms with Gasteiger partial charge in [0.15, 0.2) is 0 Å². The Labute approximate surface area is 114 Å². The van der Waals surface area contributed by atoms with Gasteiger partial charge in [-0.2, -0.15) is 0 Å². The number of nitrogens with one attached hydrogen (secondary N) is 1. The van der Waals surface area contributed by atoms with Crippen molar-refractivity contribution in [3.63, 3.8) is 0 Å². The summed E-state index contributed by atoms with van der Waals surface area (Å²) in [4.78, 5) is 27.1. The van der Waals surface area contributed by atoms with Crippen LogP contribution in [0.4, 0.5) is 4.79 Å². The quantitative estimate of drug-likeness (QED) is 0.747. The molecule has 1 saturated carbocycles. The molecule has 0 atom stereocenters. The zero-order valence-corrected chi connectivity index (χ0v) is 11.4. The fourth-order valence-electron chi connectivity index (χ4n) is 2.80. The van der Waals surface area contributed by atoms with Crippen LogP contribution < -0.4 is 11.1 Å². The lowest BCUT2D eigenvalue weighted by Gasteiger charge is -2.35. The van der Waals surface area contributed by atoms with Gasteiger partial charge in [-0.3, -0.25) is 4.79 Å². The number of nitrogens with zero attached hydrogens (tertiary/aromatic N) is 2. The lowest BCUT2D eigenvalue weighted by Crippen LogP contribution is -2.55. The number of carbonyl (C=O) groups is 2. The van der Waals surface area contributed by atoms with E-state index in [-0.39, 0.29) is 18.5 Å². The Balaban J connectivity index is 1.74. The normalized spacial score (nSPS) is 21.3. The maximum Gasteiger partial charge on any atom is 0.317 e. The second-order valence-electron chi connectivity index (χ2n) is 5.36. The van der Waals surface area contributed by atoms with Crippen LogP contribution in [0.15, 0.2) is 0 Å². The Hall–Kier alpha value is -1.30. The molecule has 0 radical (unpaired) electrons. The van der Waals surface area contributed by atoms with Crippen molar-refractivity contribution in [3.05, 3.63) is 0 Å². The van der Waals surface area contributed by atoms with Crippen LogP contribution in [0.25, 0.3) is 0 Å². The molecular weight excluding hydrogens is 244 g/mol. The summed E-state index contributed by atoms with van der Waals surface area (Å²) in [5.74, 6) is -0.0349. The van der Waals surface area contributed by atoms with Crippen LogP contribution in [0.1, 0.15) is 32.1 Å². The Morgan fingerprint density at radius 3 is 2.16 bits per heavy atom. The zero-order chi connectivity index (χ0) is 13.7. The molecule has 1 aliphatic carbocycles. The van der Waals surface area contributed by atoms with Crippen molar-refractivity contribution < 1.29 is 9.59 Å². The minimum atomic E-state index is -0.0349. The van der Waals surface area contributed by atoms with Crippen molar-refractivity contribution in [2.75, 3.05) is 32.7 Å². The van der Waals surface area contributed by atoms with Crippen LogP contribution in [-0.4, -0.2) is 60.5 Å². The van der Waals surface area contributed by atoms with Crippen molar-refractivity contribution >= 4 is 11.9 Å². The van der Waals surface area contributed by atoms with E-state index in [1.54, 1.807) is 9.80 Å². The molecule has 3 N–H and O–H groups in total. The zero-order valence-electron chi connectivity index (χ0n) is 11.4. The highest BCUT2D eigenvalue weighted by Crippen LogP contribution is 2.17. The Morgan fingerprint density at radius 2 is 1.58 bits per heavy atom. The van der Waals surface area contributed by atoms with Gasteiger partial charge in [0.2, 0.25) is 5.91 Å². The minimum Gasteiger partial charge on any atom is -0.338 e. The summed E-state index contributed by atoms with van der Waals surface area (Å²) >= 11 is 0. The average molecular weight is 268 g/mol. The van der Waals surface area contributed by atoms with Crippen LogP contribution >= 0.6 is 0 Å². The van der Waals surface area contributed by atoms with Crippen molar-refractivity contribution in [2.45, 2.75) is 38.1 Å². The molecule has 6 heteroatoms. The molecule has 0 aromatic carbocycles. The number of rotatable bonds is 2. The van der Waals surface area contributed by atoms with Gasteiger partial charge in [-0.25, -0.2) is 4.79 Å². The van der Waals surface area contributed by atoms with Gasteiger partial charge in [-0.1, -0.05) is 19.3 Å². The van der Waals surface area contributed by atoms with Crippen molar-refractivity contribution in [2.24, 2.45) is 5.73 Å². The van der Waals surface area contributed by atoms with Gasteiger partial charge in [0.05, 0.1) is 6.54 Å². The average Bonchev–Trinajstić information content (AvgIpc) is 2.47. The predicted octanol–water partition coefficient (Wildman–Crippen LogP) is 0.132. The Kier molecular flexibility index (Phi) is 5.01. The van der Waals surface area contributed by atoms with E-state index in [2.05, 4.69) is 5.32 Å². The number of piperazine rings is 1. The van der Waals surface area contributed by atoms with Gasteiger partial charge in [-0.15, -0.1) is 0 Å². The first-order valence-corrected chi connectivity index (χ1v) is 7.24. The molecule has 2 rings (SSSR count). The summed E-state index contributed by atoms with van der Waals surface area (Å²) in [6, 6.07) is 0.358. The second-order valence-corrected chi connectivity index (χ2v) is 5.36. The van der Waals surface area contributed by atoms with E-state index in [1.807, 2.05) is 0 Å². The molecule has 1 heterocycles. The molecule has 0 aromatic heterocycles. The van der Waals surface area contributed by atoms with E-state index in [9.17, 15) is 9.59 Å². The highest BCUT2D eigenvalue weighted by Gasteiger charge is 2.25. The molecule has 0 bridgehead atoms. The van der Waals surface area contributed by atoms with Crippen LogP contribution in [0.3, 0.4) is 0 Å². The first-order valence-electron chi connectivity index (χ1n) is 7.24. The molecule has 108 valence electrons. The molecule has 1 aliphatic heterocycles. The molecule has 2 aliphatic rings. The second kappa shape index (κ2) is 6.75. The van der Waals surface area contributed by atoms with E-state index >= 15 is 0 Å². The smallest absolute Gasteiger partial charge is 0.317 e. The third-order valence-corrected chi connectivity index (χ3v) is 4.03.